The van der Waals surface area contributed by atoms with Gasteiger partial charge in [0.25, 0.3) is 0 Å². The van der Waals surface area contributed by atoms with Crippen LogP contribution in [0.2, 0.25) is 0 Å². The average molecular weight is 162 g/mol. The summed E-state index contributed by atoms with van der Waals surface area (Å²) < 4.78 is 0. The first-order valence-corrected chi connectivity index (χ1v) is 3.93. The van der Waals surface area contributed by atoms with Crippen LogP contribution in [0.1, 0.15) is 17.2 Å². The van der Waals surface area contributed by atoms with Gasteiger partial charge in [-0.2, -0.15) is 0 Å². The van der Waals surface area contributed by atoms with Gasteiger partial charge in [0.1, 0.15) is 0 Å². The third kappa shape index (κ3) is 1.94. The second-order valence-electron chi connectivity index (χ2n) is 2.79. The number of hydrogen-bond acceptors (Lipinski definition) is 2. The highest BCUT2D eigenvalue weighted by Gasteiger charge is 2.02. The summed E-state index contributed by atoms with van der Waals surface area (Å²) >= 11 is 0. The van der Waals surface area contributed by atoms with E-state index in [1.165, 1.54) is 5.56 Å². The molecule has 2 heteroatoms. The quantitative estimate of drug-likeness (QED) is 0.403. The van der Waals surface area contributed by atoms with Gasteiger partial charge in [0.2, 0.25) is 0 Å². The highest BCUT2D eigenvalue weighted by atomic mass is 15.2. The van der Waals surface area contributed by atoms with E-state index in [0.29, 0.717) is 0 Å². The van der Waals surface area contributed by atoms with Crippen LogP contribution in [0.3, 0.4) is 0 Å². The number of hydrazine groups is 1. The molecule has 0 heterocycles. The lowest BCUT2D eigenvalue weighted by Gasteiger charge is -2.10. The van der Waals surface area contributed by atoms with Gasteiger partial charge in [-0.3, -0.25) is 5.84 Å². The molecule has 1 unspecified atom stereocenters. The van der Waals surface area contributed by atoms with Crippen LogP contribution in [0.5, 0.6) is 0 Å². The highest BCUT2D eigenvalue weighted by Crippen LogP contribution is 2.13. The van der Waals surface area contributed by atoms with Crippen molar-refractivity contribution < 1.29 is 0 Å². The normalized spacial score (nSPS) is 12.5. The Morgan fingerprint density at radius 2 is 2.00 bits per heavy atom. The Morgan fingerprint density at radius 1 is 1.42 bits per heavy atom. The van der Waals surface area contributed by atoms with Gasteiger partial charge >= 0.3 is 0 Å². The first-order chi connectivity index (χ1) is 5.77. The third-order valence-corrected chi connectivity index (χ3v) is 1.85. The Bertz CT molecular complexity index is 251. The second kappa shape index (κ2) is 4.04. The van der Waals surface area contributed by atoms with Crippen LogP contribution in [-0.2, 0) is 0 Å². The Balaban J connectivity index is 2.87. The van der Waals surface area contributed by atoms with Gasteiger partial charge in [0.15, 0.2) is 0 Å². The van der Waals surface area contributed by atoms with Crippen LogP contribution in [0, 0.1) is 6.92 Å². The van der Waals surface area contributed by atoms with Gasteiger partial charge in [-0.05, 0) is 12.5 Å². The Kier molecular flexibility index (Phi) is 3.02. The molecule has 1 atom stereocenters. The zero-order chi connectivity index (χ0) is 8.97. The largest absolute Gasteiger partial charge is 0.271 e. The molecular formula is C10H14N2. The molecule has 0 bridgehead atoms. The first-order valence-electron chi connectivity index (χ1n) is 3.93. The summed E-state index contributed by atoms with van der Waals surface area (Å²) in [5.41, 5.74) is 5.06. The molecule has 0 saturated carbocycles. The van der Waals surface area contributed by atoms with Crippen molar-refractivity contribution in [2.45, 2.75) is 13.0 Å². The van der Waals surface area contributed by atoms with Crippen molar-refractivity contribution in [3.8, 4) is 0 Å². The van der Waals surface area contributed by atoms with Crippen molar-refractivity contribution in [1.82, 2.24) is 5.43 Å². The molecule has 0 amide bonds. The Morgan fingerprint density at radius 3 is 2.42 bits per heavy atom. The van der Waals surface area contributed by atoms with E-state index in [0.717, 1.165) is 5.56 Å². The summed E-state index contributed by atoms with van der Waals surface area (Å²) in [6, 6.07) is 8.25. The maximum absolute atomic E-state index is 5.33. The minimum absolute atomic E-state index is 0.0469. The van der Waals surface area contributed by atoms with Crippen molar-refractivity contribution in [2.75, 3.05) is 0 Å². The fourth-order valence-corrected chi connectivity index (χ4v) is 1.07. The topological polar surface area (TPSA) is 38.0 Å². The molecule has 12 heavy (non-hydrogen) atoms. The third-order valence-electron chi connectivity index (χ3n) is 1.85. The fraction of sp³-hybridized carbons (Fsp3) is 0.200. The van der Waals surface area contributed by atoms with Gasteiger partial charge in [0.05, 0.1) is 6.04 Å². The second-order valence-corrected chi connectivity index (χ2v) is 2.79. The van der Waals surface area contributed by atoms with Crippen LogP contribution in [0.25, 0.3) is 0 Å². The molecule has 0 spiro atoms. The molecule has 0 aliphatic heterocycles. The number of nitrogens with one attached hydrogen (secondary N) is 1. The van der Waals surface area contributed by atoms with Crippen LogP contribution < -0.4 is 11.3 Å². The van der Waals surface area contributed by atoms with E-state index in [2.05, 4.69) is 31.1 Å². The van der Waals surface area contributed by atoms with E-state index >= 15 is 0 Å². The molecule has 0 radical (unpaired) electrons. The molecule has 1 aromatic rings. The summed E-state index contributed by atoms with van der Waals surface area (Å²) in [7, 11) is 0. The monoisotopic (exact) mass is 162 g/mol. The number of benzene rings is 1. The molecule has 0 aliphatic rings. The number of hydrogen-bond donors (Lipinski definition) is 2. The van der Waals surface area contributed by atoms with Gasteiger partial charge < -0.3 is 0 Å². The summed E-state index contributed by atoms with van der Waals surface area (Å²) in [6.45, 7) is 5.75. The molecule has 0 saturated heterocycles. The lowest BCUT2D eigenvalue weighted by atomic mass is 10.1. The zero-order valence-corrected chi connectivity index (χ0v) is 7.25. The predicted octanol–water partition coefficient (Wildman–Crippen LogP) is 1.69. The average Bonchev–Trinajstić information content (AvgIpc) is 2.10. The van der Waals surface area contributed by atoms with E-state index in [9.17, 15) is 0 Å². The smallest absolute Gasteiger partial charge is 0.0638 e. The molecule has 64 valence electrons. The van der Waals surface area contributed by atoms with Gasteiger partial charge in [0, 0.05) is 0 Å². The first kappa shape index (κ1) is 8.97. The van der Waals surface area contributed by atoms with Crippen molar-refractivity contribution in [1.29, 1.82) is 0 Å². The predicted molar refractivity (Wildman–Crippen MR) is 51.4 cm³/mol. The molecule has 0 aliphatic carbocycles. The summed E-state index contributed by atoms with van der Waals surface area (Å²) in [5.74, 6) is 5.33. The summed E-state index contributed by atoms with van der Waals surface area (Å²) in [6.07, 6.45) is 1.78. The molecule has 0 aromatic heterocycles. The van der Waals surface area contributed by atoms with Crippen molar-refractivity contribution in [3.63, 3.8) is 0 Å². The highest BCUT2D eigenvalue weighted by molar-refractivity contribution is 5.26. The SMILES string of the molecule is C=CC(NN)c1ccc(C)cc1. The number of rotatable bonds is 3. The summed E-state index contributed by atoms with van der Waals surface area (Å²) in [4.78, 5) is 0. The van der Waals surface area contributed by atoms with Crippen molar-refractivity contribution >= 4 is 0 Å². The lowest BCUT2D eigenvalue weighted by Crippen LogP contribution is -2.26. The fourth-order valence-electron chi connectivity index (χ4n) is 1.07. The molecule has 0 fully saturated rings. The van der Waals surface area contributed by atoms with E-state index in [1.807, 2.05) is 12.1 Å². The van der Waals surface area contributed by atoms with Crippen LogP contribution >= 0.6 is 0 Å². The number of nitrogens with two attached hydrogens (primary N) is 1. The Labute approximate surface area is 73.1 Å². The minimum Gasteiger partial charge on any atom is -0.271 e. The van der Waals surface area contributed by atoms with Gasteiger partial charge in [-0.1, -0.05) is 35.9 Å². The van der Waals surface area contributed by atoms with Crippen molar-refractivity contribution in [3.05, 3.63) is 48.0 Å². The minimum atomic E-state index is 0.0469. The van der Waals surface area contributed by atoms with Gasteiger partial charge in [-0.25, -0.2) is 5.43 Å². The van der Waals surface area contributed by atoms with E-state index in [-0.39, 0.29) is 6.04 Å². The van der Waals surface area contributed by atoms with E-state index in [4.69, 9.17) is 5.84 Å². The molecule has 3 N–H and O–H groups in total. The van der Waals surface area contributed by atoms with E-state index < -0.39 is 0 Å². The maximum Gasteiger partial charge on any atom is 0.0638 e. The zero-order valence-electron chi connectivity index (χ0n) is 7.25. The maximum atomic E-state index is 5.33. The lowest BCUT2D eigenvalue weighted by molar-refractivity contribution is 0.656. The molecule has 1 rings (SSSR count). The molecule has 1 aromatic carbocycles. The van der Waals surface area contributed by atoms with Crippen LogP contribution in [0.4, 0.5) is 0 Å². The Hall–Kier alpha value is -1.12. The van der Waals surface area contributed by atoms with Crippen LogP contribution in [-0.4, -0.2) is 0 Å². The summed E-state index contributed by atoms with van der Waals surface area (Å²) in [5, 5.41) is 0. The van der Waals surface area contributed by atoms with Crippen molar-refractivity contribution in [2.24, 2.45) is 5.84 Å². The van der Waals surface area contributed by atoms with Crippen LogP contribution in [0.15, 0.2) is 36.9 Å². The molecular weight excluding hydrogens is 148 g/mol. The van der Waals surface area contributed by atoms with E-state index in [1.54, 1.807) is 6.08 Å². The molecule has 2 nitrogen and oxygen atoms in total. The standard InChI is InChI=1S/C10H14N2/c1-3-10(12-11)9-6-4-8(2)5-7-9/h3-7,10,12H,1,11H2,2H3. The number of aryl methyl sites for hydroxylation is 1. The van der Waals surface area contributed by atoms with Gasteiger partial charge in [-0.15, -0.1) is 6.58 Å².